The van der Waals surface area contributed by atoms with Crippen LogP contribution in [-0.2, 0) is 11.8 Å². The lowest BCUT2D eigenvalue weighted by Gasteiger charge is -2.38. The number of rotatable bonds is 4. The fourth-order valence-electron chi connectivity index (χ4n) is 3.18. The van der Waals surface area contributed by atoms with E-state index in [4.69, 9.17) is 11.8 Å². The molecule has 1 saturated heterocycles. The van der Waals surface area contributed by atoms with Crippen LogP contribution in [0.15, 0.2) is 41.3 Å². The number of allylic oxidation sites excluding steroid dienone is 1. The summed E-state index contributed by atoms with van der Waals surface area (Å²) in [5.74, 6) is 0.627. The van der Waals surface area contributed by atoms with E-state index in [1.54, 1.807) is 23.5 Å². The van der Waals surface area contributed by atoms with Gasteiger partial charge < -0.3 is 0 Å². The molecule has 1 aliphatic carbocycles. The van der Waals surface area contributed by atoms with Crippen LogP contribution < -0.4 is 0 Å². The summed E-state index contributed by atoms with van der Waals surface area (Å²) in [5, 5.41) is 11.4. The third kappa shape index (κ3) is 3.90. The maximum absolute atomic E-state index is 10.8. The zero-order valence-electron chi connectivity index (χ0n) is 13.6. The normalized spacial score (nSPS) is 35.4. The van der Waals surface area contributed by atoms with Gasteiger partial charge in [-0.15, -0.1) is 0 Å². The molecule has 2 fully saturated rings. The minimum atomic E-state index is -1.67. The number of non-ortho nitro benzene ring substituents is 1. The van der Waals surface area contributed by atoms with Crippen LogP contribution in [0, 0.1) is 16.0 Å². The highest BCUT2D eigenvalue weighted by molar-refractivity contribution is 9.24. The van der Waals surface area contributed by atoms with Gasteiger partial charge in [0.25, 0.3) is 5.69 Å². The Kier molecular flexibility index (Phi) is 5.49. The molecule has 2 aliphatic rings. The zero-order valence-corrected chi connectivity index (χ0v) is 17.8. The minimum absolute atomic E-state index is 0.132. The molecular weight excluding hydrogens is 397 g/mol. The molecule has 1 aromatic carbocycles. The number of fused-ring (bicyclic) bond motifs is 1. The second-order valence-electron chi connectivity index (χ2n) is 6.61. The van der Waals surface area contributed by atoms with Gasteiger partial charge in [-0.2, -0.15) is 0 Å². The maximum atomic E-state index is 10.8. The third-order valence-electron chi connectivity index (χ3n) is 4.71. The molecule has 4 atom stereocenters. The molecule has 1 aliphatic heterocycles. The summed E-state index contributed by atoms with van der Waals surface area (Å²) in [5.41, 5.74) is 1.43. The van der Waals surface area contributed by atoms with E-state index in [2.05, 4.69) is 20.4 Å². The van der Waals surface area contributed by atoms with Gasteiger partial charge >= 0.3 is 0 Å². The molecule has 0 radical (unpaired) electrons. The van der Waals surface area contributed by atoms with Crippen molar-refractivity contribution < 1.29 is 4.92 Å². The van der Waals surface area contributed by atoms with E-state index in [0.29, 0.717) is 11.2 Å². The van der Waals surface area contributed by atoms with Crippen molar-refractivity contribution in [1.29, 1.82) is 0 Å². The van der Waals surface area contributed by atoms with Gasteiger partial charge in [-0.1, -0.05) is 58.1 Å². The van der Waals surface area contributed by atoms with E-state index < -0.39 is 3.64 Å². The second-order valence-corrected chi connectivity index (χ2v) is 22.5. The van der Waals surface area contributed by atoms with Crippen molar-refractivity contribution in [3.05, 3.63) is 46.5 Å². The van der Waals surface area contributed by atoms with E-state index in [-0.39, 0.29) is 15.4 Å². The number of benzene rings is 1. The smallest absolute Gasteiger partial charge is 0.258 e. The lowest BCUT2D eigenvalue weighted by Crippen LogP contribution is -2.36. The summed E-state index contributed by atoms with van der Waals surface area (Å²) in [6.07, 6.45) is 3.60. The summed E-state index contributed by atoms with van der Waals surface area (Å²) in [7, 11) is 0. The molecule has 0 amide bonds. The molecule has 3 rings (SSSR count). The number of nitro groups is 1. The first-order valence-corrected chi connectivity index (χ1v) is 14.9. The third-order valence-corrected chi connectivity index (χ3v) is 19.0. The molecule has 24 heavy (non-hydrogen) atoms. The highest BCUT2D eigenvalue weighted by Crippen LogP contribution is 2.90. The first kappa shape index (κ1) is 18.8. The number of hydrogen-bond donors (Lipinski definition) is 0. The average Bonchev–Trinajstić information content (AvgIpc) is 2.76. The van der Waals surface area contributed by atoms with Crippen LogP contribution in [0.2, 0.25) is 0 Å². The van der Waals surface area contributed by atoms with Crippen LogP contribution in [0.4, 0.5) is 5.69 Å². The van der Waals surface area contributed by atoms with Crippen LogP contribution in [0.25, 0.3) is 0 Å². The van der Waals surface area contributed by atoms with Gasteiger partial charge in [-0.3, -0.25) is 10.1 Å². The van der Waals surface area contributed by atoms with Crippen LogP contribution >= 0.6 is 37.8 Å². The summed E-state index contributed by atoms with van der Waals surface area (Å²) in [4.78, 5) is 11.5. The van der Waals surface area contributed by atoms with Gasteiger partial charge in [-0.05, 0) is 51.2 Å². The predicted octanol–water partition coefficient (Wildman–Crippen LogP) is 6.89. The molecule has 1 heterocycles. The molecule has 3 nitrogen and oxygen atoms in total. The van der Waals surface area contributed by atoms with Crippen LogP contribution in [0.5, 0.6) is 0 Å². The lowest BCUT2D eigenvalue weighted by molar-refractivity contribution is -0.384. The molecule has 130 valence electrons. The Morgan fingerprint density at radius 1 is 1.50 bits per heavy atom. The summed E-state index contributed by atoms with van der Waals surface area (Å²) >= 11 is 11.8. The van der Waals surface area contributed by atoms with E-state index in [0.717, 1.165) is 4.90 Å². The number of nitro benzene ring substituents is 1. The van der Waals surface area contributed by atoms with Gasteiger partial charge in [0.1, 0.15) is 3.64 Å². The molecule has 0 aromatic heterocycles. The van der Waals surface area contributed by atoms with Gasteiger partial charge in [0.2, 0.25) is 0 Å². The Hall–Kier alpha value is 0.0600. The lowest BCUT2D eigenvalue weighted by atomic mass is 9.79. The van der Waals surface area contributed by atoms with Crippen molar-refractivity contribution in [3.8, 4) is 0 Å². The molecule has 1 unspecified atom stereocenters. The quantitative estimate of drug-likeness (QED) is 0.230. The van der Waals surface area contributed by atoms with Crippen LogP contribution in [0.1, 0.15) is 33.1 Å². The number of nitrogens with zero attached hydrogens (tertiary/aromatic N) is 1. The Bertz CT molecular complexity index is 723. The van der Waals surface area contributed by atoms with Crippen molar-refractivity contribution >= 4 is 55.3 Å². The minimum Gasteiger partial charge on any atom is -0.258 e. The van der Waals surface area contributed by atoms with Gasteiger partial charge in [0, 0.05) is 27.0 Å². The van der Waals surface area contributed by atoms with Crippen molar-refractivity contribution in [2.45, 2.75) is 48.0 Å². The highest BCUT2D eigenvalue weighted by atomic mass is 33.5. The molecule has 1 aromatic rings. The molecule has 1 saturated carbocycles. The Morgan fingerprint density at radius 2 is 2.17 bits per heavy atom. The SMILES string of the molecule is C=C(C)[C@@H]1CC[C@]2(C)SP(=S)(Sc3ccc([N+](=O)[O-])cc3)S[C@H]2C1. The Balaban J connectivity index is 1.74. The standard InChI is InChI=1S/C16H20NO2PS4/c1-11(2)12-8-9-16(3)15(10-12)23-20(21,24-16)22-14-6-4-13(5-7-14)17(18)19/h4-7,12,15H,1,8-10H2,2-3H3/t12-,15+,16+,20?/m1/s1. The topological polar surface area (TPSA) is 43.1 Å². The van der Waals surface area contributed by atoms with Gasteiger partial charge in [0.05, 0.1) is 4.92 Å². The van der Waals surface area contributed by atoms with Crippen molar-refractivity contribution in [2.24, 2.45) is 5.92 Å². The average molecular weight is 418 g/mol. The second kappa shape index (κ2) is 6.99. The Labute approximate surface area is 160 Å². The van der Waals surface area contributed by atoms with Crippen LogP contribution in [-0.4, -0.2) is 14.9 Å². The Morgan fingerprint density at radius 3 is 2.75 bits per heavy atom. The van der Waals surface area contributed by atoms with E-state index in [1.807, 2.05) is 34.9 Å². The fourth-order valence-corrected chi connectivity index (χ4v) is 22.9. The highest BCUT2D eigenvalue weighted by Gasteiger charge is 2.52. The molecule has 0 spiro atoms. The van der Waals surface area contributed by atoms with Crippen molar-refractivity contribution in [2.75, 3.05) is 0 Å². The van der Waals surface area contributed by atoms with Crippen LogP contribution in [0.3, 0.4) is 0 Å². The molecular formula is C16H20NO2PS4. The summed E-state index contributed by atoms with van der Waals surface area (Å²) < 4.78 is -1.41. The largest absolute Gasteiger partial charge is 0.269 e. The first-order chi connectivity index (χ1) is 11.2. The predicted molar refractivity (Wildman–Crippen MR) is 113 cm³/mol. The monoisotopic (exact) mass is 417 g/mol. The summed E-state index contributed by atoms with van der Waals surface area (Å²) in [6.45, 7) is 8.66. The molecule has 0 bridgehead atoms. The van der Waals surface area contributed by atoms with E-state index >= 15 is 0 Å². The summed E-state index contributed by atoms with van der Waals surface area (Å²) in [6, 6.07) is 6.81. The fraction of sp³-hybridized carbons (Fsp3) is 0.500. The first-order valence-electron chi connectivity index (χ1n) is 7.79. The zero-order chi connectivity index (χ0) is 17.5. The van der Waals surface area contributed by atoms with Gasteiger partial charge in [0.15, 0.2) is 0 Å². The maximum Gasteiger partial charge on any atom is 0.269 e. The molecule has 8 heteroatoms. The van der Waals surface area contributed by atoms with E-state index in [9.17, 15) is 10.1 Å². The number of hydrogen-bond acceptors (Lipinski definition) is 6. The molecule has 0 N–H and O–H groups in total. The van der Waals surface area contributed by atoms with Crippen molar-refractivity contribution in [3.63, 3.8) is 0 Å². The van der Waals surface area contributed by atoms with Gasteiger partial charge in [-0.25, -0.2) is 0 Å². The van der Waals surface area contributed by atoms with E-state index in [1.165, 1.54) is 24.8 Å². The van der Waals surface area contributed by atoms with Crippen molar-refractivity contribution in [1.82, 2.24) is 0 Å².